The van der Waals surface area contributed by atoms with E-state index in [0.717, 1.165) is 38.5 Å². The quantitative estimate of drug-likeness (QED) is 0.659. The monoisotopic (exact) mass is 392 g/mol. The Balaban J connectivity index is 1.56. The Hall–Kier alpha value is -0.610. The van der Waals surface area contributed by atoms with Gasteiger partial charge in [0.25, 0.3) is 0 Å². The Morgan fingerprint density at radius 2 is 1.79 bits per heavy atom. The van der Waals surface area contributed by atoms with E-state index >= 15 is 0 Å². The van der Waals surface area contributed by atoms with Crippen LogP contribution in [0.4, 0.5) is 0 Å². The second kappa shape index (κ2) is 7.27. The van der Waals surface area contributed by atoms with Gasteiger partial charge in [-0.25, -0.2) is 0 Å². The molecule has 0 saturated heterocycles. The van der Waals surface area contributed by atoms with Crippen LogP contribution in [0.5, 0.6) is 0 Å². The van der Waals surface area contributed by atoms with Gasteiger partial charge in [-0.05, 0) is 104 Å². The van der Waals surface area contributed by atoms with Crippen LogP contribution in [0, 0.1) is 46.3 Å². The number of carboxylic acid groups (broad SMARTS) is 1. The molecule has 28 heavy (non-hydrogen) atoms. The molecule has 4 aliphatic carbocycles. The zero-order valence-electron chi connectivity index (χ0n) is 17.9. The second-order valence-corrected chi connectivity index (χ2v) is 11.3. The first kappa shape index (κ1) is 20.7. The normalized spacial score (nSPS) is 51.7. The van der Waals surface area contributed by atoms with Gasteiger partial charge < -0.3 is 15.3 Å². The number of fused-ring (bicyclic) bond motifs is 5. The van der Waals surface area contributed by atoms with E-state index in [1.54, 1.807) is 0 Å². The Morgan fingerprint density at radius 1 is 1.04 bits per heavy atom. The molecule has 0 aromatic carbocycles. The fourth-order valence-electron chi connectivity index (χ4n) is 8.71. The first-order chi connectivity index (χ1) is 13.2. The Labute approximate surface area is 170 Å². The smallest absolute Gasteiger partial charge is 0.303 e. The van der Waals surface area contributed by atoms with Gasteiger partial charge in [0, 0.05) is 6.42 Å². The van der Waals surface area contributed by atoms with E-state index in [1.165, 1.54) is 19.3 Å². The Bertz CT molecular complexity index is 605. The molecule has 4 heteroatoms. The molecule has 0 aromatic heterocycles. The summed E-state index contributed by atoms with van der Waals surface area (Å²) in [6, 6.07) is 0. The average Bonchev–Trinajstić information content (AvgIpc) is 3.00. The number of rotatable bonds is 4. The summed E-state index contributed by atoms with van der Waals surface area (Å²) in [6.07, 6.45) is 9.26. The average molecular weight is 393 g/mol. The molecule has 0 amide bonds. The number of aliphatic hydroxyl groups excluding tert-OH is 2. The van der Waals surface area contributed by atoms with Crippen molar-refractivity contribution in [2.45, 2.75) is 97.2 Å². The predicted octanol–water partition coefficient (Wildman–Crippen LogP) is 4.48. The number of aliphatic hydroxyl groups is 2. The van der Waals surface area contributed by atoms with Crippen LogP contribution in [0.1, 0.15) is 85.0 Å². The fraction of sp³-hybridized carbons (Fsp3) is 0.958. The Morgan fingerprint density at radius 3 is 2.50 bits per heavy atom. The van der Waals surface area contributed by atoms with Gasteiger partial charge in [0.1, 0.15) is 0 Å². The molecule has 0 aliphatic heterocycles. The molecule has 4 aliphatic rings. The lowest BCUT2D eigenvalue weighted by atomic mass is 9.43. The van der Waals surface area contributed by atoms with Gasteiger partial charge in [-0.1, -0.05) is 20.8 Å². The number of hydrogen-bond acceptors (Lipinski definition) is 3. The third-order valence-corrected chi connectivity index (χ3v) is 10.3. The summed E-state index contributed by atoms with van der Waals surface area (Å²) >= 11 is 0. The van der Waals surface area contributed by atoms with E-state index in [4.69, 9.17) is 5.11 Å². The van der Waals surface area contributed by atoms with Crippen molar-refractivity contribution in [1.29, 1.82) is 0 Å². The summed E-state index contributed by atoms with van der Waals surface area (Å²) in [5.74, 6) is 2.55. The summed E-state index contributed by atoms with van der Waals surface area (Å²) in [7, 11) is 0. The van der Waals surface area contributed by atoms with E-state index in [1.807, 2.05) is 0 Å². The minimum atomic E-state index is -0.707. The molecule has 0 bridgehead atoms. The van der Waals surface area contributed by atoms with Crippen LogP contribution >= 0.6 is 0 Å². The maximum Gasteiger partial charge on any atom is 0.303 e. The summed E-state index contributed by atoms with van der Waals surface area (Å²) in [6.45, 7) is 6.99. The largest absolute Gasteiger partial charge is 0.481 e. The van der Waals surface area contributed by atoms with Crippen LogP contribution in [0.3, 0.4) is 0 Å². The topological polar surface area (TPSA) is 77.8 Å². The van der Waals surface area contributed by atoms with E-state index in [0.29, 0.717) is 35.5 Å². The molecule has 0 aromatic rings. The van der Waals surface area contributed by atoms with Gasteiger partial charge in [-0.2, -0.15) is 0 Å². The third-order valence-electron chi connectivity index (χ3n) is 10.3. The molecule has 4 fully saturated rings. The van der Waals surface area contributed by atoms with Gasteiger partial charge in [-0.15, -0.1) is 0 Å². The van der Waals surface area contributed by atoms with Crippen molar-refractivity contribution in [2.24, 2.45) is 46.3 Å². The molecule has 3 N–H and O–H groups in total. The fourth-order valence-corrected chi connectivity index (χ4v) is 8.71. The molecule has 1 unspecified atom stereocenters. The maximum atomic E-state index is 11.5. The van der Waals surface area contributed by atoms with E-state index in [2.05, 4.69) is 20.8 Å². The highest BCUT2D eigenvalue weighted by Crippen LogP contribution is 2.68. The second-order valence-electron chi connectivity index (χ2n) is 11.3. The molecule has 160 valence electrons. The molecule has 4 nitrogen and oxygen atoms in total. The van der Waals surface area contributed by atoms with Gasteiger partial charge in [-0.3, -0.25) is 4.79 Å². The molecular weight excluding hydrogens is 352 g/mol. The number of aliphatic carboxylic acids is 1. The van der Waals surface area contributed by atoms with Crippen molar-refractivity contribution in [3.63, 3.8) is 0 Å². The first-order valence-electron chi connectivity index (χ1n) is 11.8. The van der Waals surface area contributed by atoms with Crippen molar-refractivity contribution in [3.05, 3.63) is 0 Å². The number of carbonyl (C=O) groups is 1. The van der Waals surface area contributed by atoms with Crippen molar-refractivity contribution >= 4 is 5.97 Å². The van der Waals surface area contributed by atoms with Crippen LogP contribution in [0.25, 0.3) is 0 Å². The highest BCUT2D eigenvalue weighted by atomic mass is 16.4. The van der Waals surface area contributed by atoms with Crippen molar-refractivity contribution in [3.8, 4) is 0 Å². The summed E-state index contributed by atoms with van der Waals surface area (Å²) in [5, 5.41) is 30.8. The minimum Gasteiger partial charge on any atom is -0.481 e. The summed E-state index contributed by atoms with van der Waals surface area (Å²) in [4.78, 5) is 11.1. The molecule has 4 rings (SSSR count). The van der Waals surface area contributed by atoms with Crippen LogP contribution < -0.4 is 0 Å². The molecule has 0 heterocycles. The number of hydrogen-bond donors (Lipinski definition) is 3. The zero-order valence-corrected chi connectivity index (χ0v) is 17.9. The minimum absolute atomic E-state index is 0.0591. The molecule has 10 atom stereocenters. The zero-order chi connectivity index (χ0) is 20.3. The molecule has 0 radical (unpaired) electrons. The highest BCUT2D eigenvalue weighted by molar-refractivity contribution is 5.66. The lowest BCUT2D eigenvalue weighted by Gasteiger charge is -2.62. The van der Waals surface area contributed by atoms with E-state index in [9.17, 15) is 15.0 Å². The molecular formula is C24H40O4. The van der Waals surface area contributed by atoms with Crippen LogP contribution in [-0.2, 0) is 4.79 Å². The van der Waals surface area contributed by atoms with Gasteiger partial charge in [0.05, 0.1) is 12.2 Å². The van der Waals surface area contributed by atoms with Crippen LogP contribution in [-0.4, -0.2) is 33.5 Å². The maximum absolute atomic E-state index is 11.5. The van der Waals surface area contributed by atoms with Gasteiger partial charge in [0.2, 0.25) is 0 Å². The van der Waals surface area contributed by atoms with E-state index in [-0.39, 0.29) is 29.5 Å². The van der Waals surface area contributed by atoms with Crippen LogP contribution in [0.2, 0.25) is 0 Å². The predicted molar refractivity (Wildman–Crippen MR) is 109 cm³/mol. The van der Waals surface area contributed by atoms with Crippen molar-refractivity contribution in [2.75, 3.05) is 0 Å². The van der Waals surface area contributed by atoms with Crippen LogP contribution in [0.15, 0.2) is 0 Å². The SMILES string of the molecule is CC(CCC(=O)O)[C@H]1CC[C@H]2[C@@H]3CC[C@H]4C[C@H](O)CC[C@]4(C)[C@H]3C[C@H](O)[C@]12C. The highest BCUT2D eigenvalue weighted by Gasteiger charge is 2.63. The Kier molecular flexibility index (Phi) is 5.36. The van der Waals surface area contributed by atoms with Crippen molar-refractivity contribution < 1.29 is 20.1 Å². The lowest BCUT2D eigenvalue weighted by Crippen LogP contribution is -2.58. The van der Waals surface area contributed by atoms with Gasteiger partial charge in [0.15, 0.2) is 0 Å². The first-order valence-corrected chi connectivity index (χ1v) is 11.8. The lowest BCUT2D eigenvalue weighted by molar-refractivity contribution is -0.175. The van der Waals surface area contributed by atoms with Crippen molar-refractivity contribution in [1.82, 2.24) is 0 Å². The third kappa shape index (κ3) is 3.05. The summed E-state index contributed by atoms with van der Waals surface area (Å²) in [5.41, 5.74) is 0.216. The van der Waals surface area contributed by atoms with Gasteiger partial charge >= 0.3 is 5.97 Å². The number of carboxylic acids is 1. The van der Waals surface area contributed by atoms with E-state index < -0.39 is 5.97 Å². The standard InChI is InChI=1S/C24H40O4/c1-14(4-9-22(27)28)18-7-8-19-17-6-5-15-12-16(25)10-11-23(15,2)20(17)13-21(26)24(18,19)3/h14-21,25-26H,4-13H2,1-3H3,(H,27,28)/t14?,15-,16+,17-,18+,19-,20-,21-,23-,24+/m0/s1. The summed E-state index contributed by atoms with van der Waals surface area (Å²) < 4.78 is 0. The molecule has 4 saturated carbocycles. The molecule has 0 spiro atoms.